The number of benzene rings is 3. The molecule has 0 heterocycles. The van der Waals surface area contributed by atoms with E-state index in [9.17, 15) is 23.1 Å². The second-order valence-electron chi connectivity index (χ2n) is 10.9. The standard InChI is InChI=1S/C30H34N2O8S/c1-30(2,3)19-39-41(36,37)40-27-13-12-20(17-33)16-26(27)32-28(34)14-15-31-29(35)38-18-25-23-10-6-4-8-21(23)22-9-5-7-11-24(22)25/h4-13,16,25,33H,14-15,17-19H2,1-3H3,(H,31,35)(H,32,34). The highest BCUT2D eigenvalue weighted by atomic mass is 32.3. The van der Waals surface area contributed by atoms with E-state index in [4.69, 9.17) is 13.1 Å². The predicted molar refractivity (Wildman–Crippen MR) is 154 cm³/mol. The minimum Gasteiger partial charge on any atom is -0.449 e. The van der Waals surface area contributed by atoms with Gasteiger partial charge in [0.25, 0.3) is 0 Å². The van der Waals surface area contributed by atoms with Gasteiger partial charge in [0.1, 0.15) is 6.61 Å². The van der Waals surface area contributed by atoms with E-state index in [0.29, 0.717) is 5.56 Å². The largest absolute Gasteiger partial charge is 0.449 e. The maximum absolute atomic E-state index is 12.6. The number of fused-ring (bicyclic) bond motifs is 3. The summed E-state index contributed by atoms with van der Waals surface area (Å²) >= 11 is 0. The van der Waals surface area contributed by atoms with Crippen LogP contribution < -0.4 is 14.8 Å². The fourth-order valence-electron chi connectivity index (χ4n) is 4.37. The molecule has 0 spiro atoms. The summed E-state index contributed by atoms with van der Waals surface area (Å²) in [5.74, 6) is -0.775. The first-order chi connectivity index (χ1) is 19.5. The van der Waals surface area contributed by atoms with Crippen molar-refractivity contribution < 1.29 is 36.2 Å². The molecule has 0 saturated heterocycles. The molecule has 1 aliphatic carbocycles. The van der Waals surface area contributed by atoms with Crippen molar-refractivity contribution in [2.45, 2.75) is 39.7 Å². The zero-order chi connectivity index (χ0) is 29.6. The van der Waals surface area contributed by atoms with Crippen LogP contribution in [0.3, 0.4) is 0 Å². The van der Waals surface area contributed by atoms with E-state index < -0.39 is 27.8 Å². The van der Waals surface area contributed by atoms with Gasteiger partial charge >= 0.3 is 16.5 Å². The minimum atomic E-state index is -4.41. The van der Waals surface area contributed by atoms with E-state index >= 15 is 0 Å². The topological polar surface area (TPSA) is 140 Å². The summed E-state index contributed by atoms with van der Waals surface area (Å²) in [7, 11) is -4.41. The van der Waals surface area contributed by atoms with Crippen LogP contribution in [0.15, 0.2) is 66.7 Å². The Bertz CT molecular complexity index is 1470. The molecule has 0 saturated carbocycles. The summed E-state index contributed by atoms with van der Waals surface area (Å²) in [5.41, 5.74) is 4.47. The maximum atomic E-state index is 12.6. The molecule has 218 valence electrons. The van der Waals surface area contributed by atoms with Crippen molar-refractivity contribution in [2.24, 2.45) is 5.41 Å². The van der Waals surface area contributed by atoms with Crippen molar-refractivity contribution in [3.05, 3.63) is 83.4 Å². The summed E-state index contributed by atoms with van der Waals surface area (Å²) in [4.78, 5) is 25.0. The molecule has 0 aliphatic heterocycles. The molecule has 3 N–H and O–H groups in total. The lowest BCUT2D eigenvalue weighted by Gasteiger charge is -2.18. The van der Waals surface area contributed by atoms with Gasteiger partial charge in [0.15, 0.2) is 5.75 Å². The van der Waals surface area contributed by atoms with Gasteiger partial charge in [-0.3, -0.25) is 4.79 Å². The number of hydrogen-bond donors (Lipinski definition) is 3. The van der Waals surface area contributed by atoms with Crippen LogP contribution in [0.25, 0.3) is 11.1 Å². The normalized spacial score (nSPS) is 12.8. The average Bonchev–Trinajstić information content (AvgIpc) is 3.25. The molecule has 11 heteroatoms. The summed E-state index contributed by atoms with van der Waals surface area (Å²) in [6.45, 7) is 5.10. The molecule has 0 bridgehead atoms. The van der Waals surface area contributed by atoms with Crippen LogP contribution in [0.1, 0.15) is 49.8 Å². The summed E-state index contributed by atoms with van der Waals surface area (Å²) in [6, 6.07) is 20.2. The number of amides is 2. The lowest BCUT2D eigenvalue weighted by molar-refractivity contribution is -0.116. The van der Waals surface area contributed by atoms with Gasteiger partial charge in [-0.1, -0.05) is 75.4 Å². The van der Waals surface area contributed by atoms with E-state index in [2.05, 4.69) is 10.6 Å². The minimum absolute atomic E-state index is 0.0224. The molecule has 0 unspecified atom stereocenters. The SMILES string of the molecule is CC(C)(C)COS(=O)(=O)Oc1ccc(CO)cc1NC(=O)CCNC(=O)OCC1c2ccccc2-c2ccccc21. The quantitative estimate of drug-likeness (QED) is 0.295. The number of rotatable bonds is 11. The Morgan fingerprint density at radius 1 is 0.951 bits per heavy atom. The van der Waals surface area contributed by atoms with E-state index in [-0.39, 0.29) is 50.1 Å². The van der Waals surface area contributed by atoms with E-state index in [1.807, 2.05) is 48.5 Å². The highest BCUT2D eigenvalue weighted by Gasteiger charge is 2.29. The highest BCUT2D eigenvalue weighted by molar-refractivity contribution is 7.82. The molecular weight excluding hydrogens is 548 g/mol. The van der Waals surface area contributed by atoms with E-state index in [1.54, 1.807) is 20.8 Å². The number of carbonyl (C=O) groups is 2. The van der Waals surface area contributed by atoms with E-state index in [0.717, 1.165) is 22.3 Å². The number of aliphatic hydroxyl groups excluding tert-OH is 1. The van der Waals surface area contributed by atoms with Crippen LogP contribution >= 0.6 is 0 Å². The van der Waals surface area contributed by atoms with Crippen LogP contribution in [0, 0.1) is 5.41 Å². The Hall–Kier alpha value is -3.93. The third-order valence-electron chi connectivity index (χ3n) is 6.29. The molecule has 1 aliphatic rings. The summed E-state index contributed by atoms with van der Waals surface area (Å²) < 4.78 is 40.1. The molecule has 41 heavy (non-hydrogen) atoms. The van der Waals surface area contributed by atoms with E-state index in [1.165, 1.54) is 18.2 Å². The van der Waals surface area contributed by atoms with Gasteiger partial charge in [-0.05, 0) is 45.4 Å². The second-order valence-corrected chi connectivity index (χ2v) is 12.1. The van der Waals surface area contributed by atoms with Crippen molar-refractivity contribution in [3.8, 4) is 16.9 Å². The number of carbonyl (C=O) groups excluding carboxylic acids is 2. The molecular formula is C30H34N2O8S. The van der Waals surface area contributed by atoms with Gasteiger partial charge in [-0.25, -0.2) is 8.98 Å². The smallest absolute Gasteiger partial charge is 0.449 e. The second kappa shape index (κ2) is 12.7. The predicted octanol–water partition coefficient (Wildman–Crippen LogP) is 4.73. The first kappa shape index (κ1) is 30.0. The molecule has 2 amide bonds. The van der Waals surface area contributed by atoms with Crippen LogP contribution in [0.4, 0.5) is 10.5 Å². The van der Waals surface area contributed by atoms with Gasteiger partial charge in [0, 0.05) is 18.9 Å². The molecule has 10 nitrogen and oxygen atoms in total. The Morgan fingerprint density at radius 2 is 1.59 bits per heavy atom. The third-order valence-corrected chi connectivity index (χ3v) is 7.08. The maximum Gasteiger partial charge on any atom is 0.449 e. The third kappa shape index (κ3) is 8.06. The molecule has 3 aromatic rings. The van der Waals surface area contributed by atoms with Crippen molar-refractivity contribution in [2.75, 3.05) is 25.1 Å². The van der Waals surface area contributed by atoms with Gasteiger partial charge in [0.2, 0.25) is 5.91 Å². The lowest BCUT2D eigenvalue weighted by Crippen LogP contribution is -2.29. The first-order valence-electron chi connectivity index (χ1n) is 13.2. The molecule has 0 radical (unpaired) electrons. The fourth-order valence-corrected chi connectivity index (χ4v) is 5.28. The number of alkyl carbamates (subject to hydrolysis) is 1. The van der Waals surface area contributed by atoms with Gasteiger partial charge in [-0.15, -0.1) is 0 Å². The number of aliphatic hydroxyl groups is 1. The Balaban J connectivity index is 1.30. The molecule has 3 aromatic carbocycles. The van der Waals surface area contributed by atoms with Crippen molar-refractivity contribution in [1.29, 1.82) is 0 Å². The van der Waals surface area contributed by atoms with Crippen molar-refractivity contribution >= 4 is 28.1 Å². The van der Waals surface area contributed by atoms with Gasteiger partial charge in [-0.2, -0.15) is 8.42 Å². The highest BCUT2D eigenvalue weighted by Crippen LogP contribution is 2.44. The Morgan fingerprint density at radius 3 is 2.20 bits per heavy atom. The number of ether oxygens (including phenoxy) is 1. The Labute approximate surface area is 240 Å². The van der Waals surface area contributed by atoms with Crippen LogP contribution in [-0.4, -0.2) is 45.3 Å². The van der Waals surface area contributed by atoms with Crippen LogP contribution in [0.2, 0.25) is 0 Å². The first-order valence-corrected chi connectivity index (χ1v) is 14.5. The molecule has 4 rings (SSSR count). The lowest BCUT2D eigenvalue weighted by atomic mass is 9.98. The van der Waals surface area contributed by atoms with Crippen molar-refractivity contribution in [3.63, 3.8) is 0 Å². The van der Waals surface area contributed by atoms with Gasteiger partial charge in [0.05, 0.1) is 18.9 Å². The molecule has 0 fully saturated rings. The monoisotopic (exact) mass is 582 g/mol. The zero-order valence-electron chi connectivity index (χ0n) is 23.2. The van der Waals surface area contributed by atoms with Crippen LogP contribution in [-0.2, 0) is 30.7 Å². The van der Waals surface area contributed by atoms with Crippen molar-refractivity contribution in [1.82, 2.24) is 5.32 Å². The summed E-state index contributed by atoms with van der Waals surface area (Å²) in [6.07, 6.45) is -0.784. The van der Waals surface area contributed by atoms with Gasteiger partial charge < -0.3 is 24.7 Å². The Kier molecular flexibility index (Phi) is 9.31. The molecule has 0 aromatic heterocycles. The van der Waals surface area contributed by atoms with Crippen LogP contribution in [0.5, 0.6) is 5.75 Å². The number of anilines is 1. The number of hydrogen-bond acceptors (Lipinski definition) is 8. The fraction of sp³-hybridized carbons (Fsp3) is 0.333. The number of nitrogens with one attached hydrogen (secondary N) is 2. The average molecular weight is 583 g/mol. The zero-order valence-corrected chi connectivity index (χ0v) is 24.0. The molecule has 0 atom stereocenters. The summed E-state index contributed by atoms with van der Waals surface area (Å²) in [5, 5.41) is 14.6.